The van der Waals surface area contributed by atoms with Crippen LogP contribution in [-0.2, 0) is 16.6 Å². The molecule has 0 radical (unpaired) electrons. The Hall–Kier alpha value is -3.85. The van der Waals surface area contributed by atoms with Crippen molar-refractivity contribution in [2.24, 2.45) is 0 Å². The van der Waals surface area contributed by atoms with Crippen molar-refractivity contribution in [3.8, 4) is 5.75 Å². The van der Waals surface area contributed by atoms with Gasteiger partial charge in [0, 0.05) is 10.8 Å². The Morgan fingerprint density at radius 2 is 1.55 bits per heavy atom. The van der Waals surface area contributed by atoms with Gasteiger partial charge in [-0.25, -0.2) is 4.79 Å². The summed E-state index contributed by atoms with van der Waals surface area (Å²) < 4.78 is 10.5. The molecular formula is C30H26O3. The van der Waals surface area contributed by atoms with Crippen molar-refractivity contribution in [2.45, 2.75) is 18.8 Å². The number of allylic oxidation sites excluding steroid dienone is 1. The highest BCUT2D eigenvalue weighted by atomic mass is 16.5. The molecule has 0 N–H and O–H groups in total. The third-order valence-corrected chi connectivity index (χ3v) is 6.81. The minimum absolute atomic E-state index is 0.296. The molecule has 164 valence electrons. The first-order valence-electron chi connectivity index (χ1n) is 11.1. The summed E-state index contributed by atoms with van der Waals surface area (Å²) in [4.78, 5) is 12.7. The Kier molecular flexibility index (Phi) is 5.26. The smallest absolute Gasteiger partial charge is 0.338 e. The number of carbonyl (C=O) groups is 1. The van der Waals surface area contributed by atoms with Crippen molar-refractivity contribution >= 4 is 22.8 Å². The van der Waals surface area contributed by atoms with Gasteiger partial charge in [-0.3, -0.25) is 0 Å². The molecule has 0 amide bonds. The van der Waals surface area contributed by atoms with E-state index >= 15 is 0 Å². The van der Waals surface area contributed by atoms with E-state index in [1.807, 2.05) is 31.2 Å². The number of aryl methyl sites for hydroxylation is 1. The lowest BCUT2D eigenvalue weighted by Gasteiger charge is -2.36. The van der Waals surface area contributed by atoms with Gasteiger partial charge in [0.2, 0.25) is 0 Å². The van der Waals surface area contributed by atoms with Crippen molar-refractivity contribution in [2.75, 3.05) is 14.2 Å². The molecule has 4 aromatic rings. The Balaban J connectivity index is 1.75. The van der Waals surface area contributed by atoms with Crippen LogP contribution < -0.4 is 4.74 Å². The number of methoxy groups -OCH3 is 2. The van der Waals surface area contributed by atoms with Gasteiger partial charge < -0.3 is 9.47 Å². The van der Waals surface area contributed by atoms with E-state index in [1.54, 1.807) is 7.11 Å². The molecule has 3 heteroatoms. The zero-order chi connectivity index (χ0) is 23.0. The molecule has 0 bridgehead atoms. The molecule has 5 rings (SSSR count). The van der Waals surface area contributed by atoms with Crippen LogP contribution >= 0.6 is 0 Å². The lowest BCUT2D eigenvalue weighted by Crippen LogP contribution is -2.30. The molecule has 4 aromatic carbocycles. The zero-order valence-corrected chi connectivity index (χ0v) is 19.1. The zero-order valence-electron chi connectivity index (χ0n) is 19.1. The Morgan fingerprint density at radius 1 is 0.848 bits per heavy atom. The topological polar surface area (TPSA) is 35.5 Å². The SMILES string of the molecule is COC(=O)c1c(C)ccc2ccc3c(c12)C=CC(c1ccccc1)(c1ccc(OC)cc1)C3. The number of fused-ring (bicyclic) bond motifs is 3. The van der Waals surface area contributed by atoms with Crippen LogP contribution in [0.5, 0.6) is 5.75 Å². The van der Waals surface area contributed by atoms with Crippen LogP contribution in [0.15, 0.2) is 84.9 Å². The molecule has 1 aliphatic rings. The van der Waals surface area contributed by atoms with Crippen molar-refractivity contribution in [3.63, 3.8) is 0 Å². The Morgan fingerprint density at radius 3 is 2.24 bits per heavy atom. The van der Waals surface area contributed by atoms with Gasteiger partial charge in [-0.2, -0.15) is 0 Å². The number of esters is 1. The minimum Gasteiger partial charge on any atom is -0.497 e. The molecular weight excluding hydrogens is 408 g/mol. The van der Waals surface area contributed by atoms with Gasteiger partial charge in [0.1, 0.15) is 5.75 Å². The van der Waals surface area contributed by atoms with E-state index in [9.17, 15) is 4.79 Å². The van der Waals surface area contributed by atoms with Gasteiger partial charge in [-0.1, -0.05) is 78.9 Å². The summed E-state index contributed by atoms with van der Waals surface area (Å²) in [6.07, 6.45) is 5.26. The van der Waals surface area contributed by atoms with Crippen LogP contribution in [0.1, 0.15) is 38.2 Å². The molecule has 3 nitrogen and oxygen atoms in total. The van der Waals surface area contributed by atoms with Gasteiger partial charge in [0.05, 0.1) is 19.8 Å². The maximum atomic E-state index is 12.7. The molecule has 0 aliphatic heterocycles. The summed E-state index contributed by atoms with van der Waals surface area (Å²) in [5.74, 6) is 0.543. The maximum absolute atomic E-state index is 12.7. The van der Waals surface area contributed by atoms with Crippen molar-refractivity contribution in [3.05, 3.63) is 118 Å². The molecule has 0 spiro atoms. The van der Waals surface area contributed by atoms with E-state index < -0.39 is 0 Å². The fourth-order valence-electron chi connectivity index (χ4n) is 5.07. The summed E-state index contributed by atoms with van der Waals surface area (Å²) >= 11 is 0. The molecule has 0 heterocycles. The summed E-state index contributed by atoms with van der Waals surface area (Å²) in [6, 6.07) is 27.3. The van der Waals surface area contributed by atoms with Crippen LogP contribution in [0.4, 0.5) is 0 Å². The number of hydrogen-bond acceptors (Lipinski definition) is 3. The highest BCUT2D eigenvalue weighted by Crippen LogP contribution is 2.44. The molecule has 1 aliphatic carbocycles. The van der Waals surface area contributed by atoms with Crippen molar-refractivity contribution < 1.29 is 14.3 Å². The molecule has 1 atom stereocenters. The monoisotopic (exact) mass is 434 g/mol. The van der Waals surface area contributed by atoms with Crippen molar-refractivity contribution in [1.82, 2.24) is 0 Å². The van der Waals surface area contributed by atoms with E-state index in [4.69, 9.17) is 9.47 Å². The molecule has 1 unspecified atom stereocenters. The third-order valence-electron chi connectivity index (χ3n) is 6.81. The van der Waals surface area contributed by atoms with Gasteiger partial charge in [0.25, 0.3) is 0 Å². The van der Waals surface area contributed by atoms with Crippen LogP contribution in [0.25, 0.3) is 16.8 Å². The van der Waals surface area contributed by atoms with E-state index in [0.717, 1.165) is 34.1 Å². The van der Waals surface area contributed by atoms with Crippen LogP contribution in [0.3, 0.4) is 0 Å². The van der Waals surface area contributed by atoms with E-state index in [1.165, 1.54) is 23.8 Å². The number of benzene rings is 4. The second kappa shape index (κ2) is 8.25. The average Bonchev–Trinajstić information content (AvgIpc) is 2.88. The van der Waals surface area contributed by atoms with Gasteiger partial charge in [0.15, 0.2) is 0 Å². The predicted molar refractivity (Wildman–Crippen MR) is 133 cm³/mol. The molecule has 33 heavy (non-hydrogen) atoms. The van der Waals surface area contributed by atoms with E-state index in [2.05, 4.69) is 66.7 Å². The van der Waals surface area contributed by atoms with Crippen LogP contribution in [0, 0.1) is 6.92 Å². The Labute approximate surface area is 194 Å². The summed E-state index contributed by atoms with van der Waals surface area (Å²) in [7, 11) is 3.13. The molecule has 0 aromatic heterocycles. The quantitative estimate of drug-likeness (QED) is 0.344. The minimum atomic E-state index is -0.316. The van der Waals surface area contributed by atoms with E-state index in [0.29, 0.717) is 5.56 Å². The first kappa shape index (κ1) is 21.0. The molecule has 0 saturated carbocycles. The van der Waals surface area contributed by atoms with Gasteiger partial charge in [-0.15, -0.1) is 0 Å². The predicted octanol–water partition coefficient (Wildman–Crippen LogP) is 6.50. The first-order valence-corrected chi connectivity index (χ1v) is 11.1. The molecule has 0 fully saturated rings. The largest absolute Gasteiger partial charge is 0.497 e. The highest BCUT2D eigenvalue weighted by Gasteiger charge is 2.35. The Bertz CT molecular complexity index is 1370. The van der Waals surface area contributed by atoms with E-state index in [-0.39, 0.29) is 11.4 Å². The van der Waals surface area contributed by atoms with Crippen molar-refractivity contribution in [1.29, 1.82) is 0 Å². The number of rotatable bonds is 4. The number of carbonyl (C=O) groups excluding carboxylic acids is 1. The lowest BCUT2D eigenvalue weighted by molar-refractivity contribution is 0.0602. The fourth-order valence-corrected chi connectivity index (χ4v) is 5.07. The standard InChI is InChI=1S/C30H26O3/c1-20-9-10-21-11-12-22-19-30(23-7-5-4-6-8-23,24-13-15-25(32-2)16-14-24)18-17-26(22)28(21)27(20)29(31)33-3/h4-18H,19H2,1-3H3. The summed E-state index contributed by atoms with van der Waals surface area (Å²) in [6.45, 7) is 1.96. The second-order valence-electron chi connectivity index (χ2n) is 8.56. The number of ether oxygens (including phenoxy) is 2. The second-order valence-corrected chi connectivity index (χ2v) is 8.56. The number of hydrogen-bond donors (Lipinski definition) is 0. The normalized spacial score (nSPS) is 16.9. The van der Waals surface area contributed by atoms with Gasteiger partial charge >= 0.3 is 5.97 Å². The highest BCUT2D eigenvalue weighted by molar-refractivity contribution is 6.09. The third kappa shape index (κ3) is 3.41. The lowest BCUT2D eigenvalue weighted by atomic mass is 9.67. The van der Waals surface area contributed by atoms with Crippen LogP contribution in [0.2, 0.25) is 0 Å². The maximum Gasteiger partial charge on any atom is 0.338 e. The summed E-state index contributed by atoms with van der Waals surface area (Å²) in [5.41, 5.74) is 5.99. The molecule has 0 saturated heterocycles. The summed E-state index contributed by atoms with van der Waals surface area (Å²) in [5, 5.41) is 2.01. The fraction of sp³-hybridized carbons (Fsp3) is 0.167. The van der Waals surface area contributed by atoms with Gasteiger partial charge in [-0.05, 0) is 58.7 Å². The van der Waals surface area contributed by atoms with Crippen LogP contribution in [-0.4, -0.2) is 20.2 Å². The first-order chi connectivity index (χ1) is 16.1. The average molecular weight is 435 g/mol.